The van der Waals surface area contributed by atoms with Gasteiger partial charge in [0, 0.05) is 33.5 Å². The number of nitrogens with zero attached hydrogens (tertiary/aromatic N) is 2. The van der Waals surface area contributed by atoms with Gasteiger partial charge < -0.3 is 9.80 Å². The third-order valence-electron chi connectivity index (χ3n) is 15.3. The molecular weight excluding hydrogens is 869 g/mol. The molecule has 72 heavy (non-hydrogen) atoms. The summed E-state index contributed by atoms with van der Waals surface area (Å²) in [5.74, 6) is 0. The molecule has 0 spiro atoms. The lowest BCUT2D eigenvalue weighted by Gasteiger charge is -2.29. The molecule has 2 aliphatic carbocycles. The number of benzene rings is 13. The molecule has 13 aromatic carbocycles. The van der Waals surface area contributed by atoms with Crippen LogP contribution in [0.15, 0.2) is 267 Å². The molecule has 13 aromatic rings. The van der Waals surface area contributed by atoms with E-state index in [1.807, 2.05) is 0 Å². The van der Waals surface area contributed by atoms with Crippen molar-refractivity contribution in [1.82, 2.24) is 0 Å². The highest BCUT2D eigenvalue weighted by Gasteiger charge is 2.28. The molecule has 0 atom stereocenters. The summed E-state index contributed by atoms with van der Waals surface area (Å²) < 4.78 is 0. The van der Waals surface area contributed by atoms with Gasteiger partial charge in [-0.2, -0.15) is 0 Å². The number of hydrogen-bond donors (Lipinski definition) is 0. The number of hydrogen-bond acceptors (Lipinski definition) is 2. The number of rotatable bonds is 8. The Kier molecular flexibility index (Phi) is 8.99. The van der Waals surface area contributed by atoms with Crippen LogP contribution in [-0.2, 0) is 0 Å². The van der Waals surface area contributed by atoms with E-state index in [4.69, 9.17) is 0 Å². The Morgan fingerprint density at radius 3 is 0.917 bits per heavy atom. The second kappa shape index (κ2) is 16.0. The first-order chi connectivity index (χ1) is 35.8. The quantitative estimate of drug-likeness (QED) is 0.140. The summed E-state index contributed by atoms with van der Waals surface area (Å²) in [4.78, 5) is 4.92. The molecule has 0 fully saturated rings. The lowest BCUT2D eigenvalue weighted by atomic mass is 9.85. The number of anilines is 6. The Morgan fingerprint density at radius 2 is 0.528 bits per heavy atom. The van der Waals surface area contributed by atoms with Crippen molar-refractivity contribution in [2.75, 3.05) is 9.80 Å². The van der Waals surface area contributed by atoms with Crippen molar-refractivity contribution in [3.05, 3.63) is 267 Å². The summed E-state index contributed by atoms with van der Waals surface area (Å²) in [6.45, 7) is 0. The second-order valence-electron chi connectivity index (χ2n) is 19.1. The first kappa shape index (κ1) is 40.4. The van der Waals surface area contributed by atoms with Crippen molar-refractivity contribution in [2.24, 2.45) is 0 Å². The van der Waals surface area contributed by atoms with Gasteiger partial charge in [0.25, 0.3) is 0 Å². The lowest BCUT2D eigenvalue weighted by molar-refractivity contribution is 1.30. The molecule has 0 saturated carbocycles. The van der Waals surface area contributed by atoms with Gasteiger partial charge in [-0.05, 0) is 160 Å². The fourth-order valence-electron chi connectivity index (χ4n) is 12.3. The molecule has 0 unspecified atom stereocenters. The fourth-order valence-corrected chi connectivity index (χ4v) is 12.3. The highest BCUT2D eigenvalue weighted by atomic mass is 15.1. The van der Waals surface area contributed by atoms with Crippen LogP contribution in [0.3, 0.4) is 0 Å². The molecule has 15 rings (SSSR count). The molecule has 0 aliphatic heterocycles. The first-order valence-electron chi connectivity index (χ1n) is 24.9. The fraction of sp³-hybridized carbons (Fsp3) is 0. The van der Waals surface area contributed by atoms with E-state index in [2.05, 4.69) is 277 Å². The Labute approximate surface area is 418 Å². The zero-order valence-corrected chi connectivity index (χ0v) is 39.3. The summed E-state index contributed by atoms with van der Waals surface area (Å²) >= 11 is 0. The molecule has 0 radical (unpaired) electrons. The average Bonchev–Trinajstić information content (AvgIpc) is 3.96. The van der Waals surface area contributed by atoms with Crippen LogP contribution in [0.5, 0.6) is 0 Å². The maximum Gasteiger partial charge on any atom is 0.0540 e. The highest BCUT2D eigenvalue weighted by molar-refractivity contribution is 6.24. The van der Waals surface area contributed by atoms with Gasteiger partial charge in [-0.1, -0.05) is 206 Å². The SMILES string of the molecule is c1ccc(-c2c3ccc(N(c4ccccc4)c4ccc5c6c(cccc46)-c4ccccc4-5)cc3c(-c3ccccc3)c3ccc(N(c4ccccc4)c4ccc5c6c(cccc46)-c4ccccc4-5)cc23)cc1. The number of para-hydroxylation sites is 2. The predicted molar refractivity (Wildman–Crippen MR) is 306 cm³/mol. The largest absolute Gasteiger partial charge is 0.310 e. The van der Waals surface area contributed by atoms with E-state index in [9.17, 15) is 0 Å². The third-order valence-corrected chi connectivity index (χ3v) is 15.3. The van der Waals surface area contributed by atoms with Gasteiger partial charge in [0.2, 0.25) is 0 Å². The van der Waals surface area contributed by atoms with E-state index in [1.54, 1.807) is 0 Å². The van der Waals surface area contributed by atoms with Crippen molar-refractivity contribution in [1.29, 1.82) is 0 Å². The molecule has 0 N–H and O–H groups in total. The summed E-state index contributed by atoms with van der Waals surface area (Å²) in [6, 6.07) is 98.7. The van der Waals surface area contributed by atoms with Crippen molar-refractivity contribution < 1.29 is 0 Å². The molecule has 334 valence electrons. The van der Waals surface area contributed by atoms with Crippen molar-refractivity contribution in [3.63, 3.8) is 0 Å². The molecule has 0 bridgehead atoms. The molecule has 2 nitrogen and oxygen atoms in total. The minimum atomic E-state index is 1.10. The summed E-state index contributed by atoms with van der Waals surface area (Å²) in [7, 11) is 0. The Hall–Kier alpha value is -9.50. The Balaban J connectivity index is 0.997. The van der Waals surface area contributed by atoms with Crippen LogP contribution in [0, 0.1) is 0 Å². The van der Waals surface area contributed by atoms with Crippen LogP contribution in [-0.4, -0.2) is 0 Å². The molecule has 0 saturated heterocycles. The summed E-state index contributed by atoms with van der Waals surface area (Å²) in [5, 5.41) is 9.88. The molecule has 0 aromatic heterocycles. The van der Waals surface area contributed by atoms with Gasteiger partial charge >= 0.3 is 0 Å². The molecule has 0 amide bonds. The minimum Gasteiger partial charge on any atom is -0.310 e. The van der Waals surface area contributed by atoms with Gasteiger partial charge in [-0.25, -0.2) is 0 Å². The van der Waals surface area contributed by atoms with Gasteiger partial charge in [-0.15, -0.1) is 0 Å². The van der Waals surface area contributed by atoms with E-state index in [1.165, 1.54) is 110 Å². The summed E-state index contributed by atoms with van der Waals surface area (Å²) in [5.41, 5.74) is 21.9. The Morgan fingerprint density at radius 1 is 0.194 bits per heavy atom. The topological polar surface area (TPSA) is 6.48 Å². The van der Waals surface area contributed by atoms with Gasteiger partial charge in [-0.3, -0.25) is 0 Å². The van der Waals surface area contributed by atoms with E-state index in [0.717, 1.165) is 34.1 Å². The van der Waals surface area contributed by atoms with Crippen LogP contribution in [0.1, 0.15) is 0 Å². The zero-order valence-electron chi connectivity index (χ0n) is 39.3. The maximum absolute atomic E-state index is 2.46. The lowest BCUT2D eigenvalue weighted by Crippen LogP contribution is -2.11. The second-order valence-corrected chi connectivity index (χ2v) is 19.1. The standard InChI is InChI=1S/C70H44N2/c1-5-19-45(20-6-1)67-59-37-35-50(72(48-25-11-4-12-26-48)66-42-40-58-54-30-16-14-28-52(54)56-32-18-34-62(66)70(56)58)44-64(59)68(46-21-7-2-8-22-46)60-38-36-49(43-63(60)67)71(47-23-9-3-10-24-47)65-41-39-57-53-29-15-13-27-51(53)55-31-17-33-61(65)69(55)57/h1-44H. The smallest absolute Gasteiger partial charge is 0.0540 e. The van der Waals surface area contributed by atoms with Crippen LogP contribution in [0.4, 0.5) is 34.1 Å². The van der Waals surface area contributed by atoms with Gasteiger partial charge in [0.1, 0.15) is 0 Å². The van der Waals surface area contributed by atoms with Crippen LogP contribution in [0.25, 0.3) is 110 Å². The monoisotopic (exact) mass is 912 g/mol. The van der Waals surface area contributed by atoms with Crippen molar-refractivity contribution >= 4 is 77.2 Å². The molecule has 2 heteroatoms. The number of fused-ring (bicyclic) bond motifs is 8. The molecular formula is C70H44N2. The van der Waals surface area contributed by atoms with Crippen LogP contribution in [0.2, 0.25) is 0 Å². The molecule has 0 heterocycles. The van der Waals surface area contributed by atoms with E-state index in [0.29, 0.717) is 0 Å². The van der Waals surface area contributed by atoms with E-state index >= 15 is 0 Å². The van der Waals surface area contributed by atoms with Crippen LogP contribution < -0.4 is 9.80 Å². The minimum absolute atomic E-state index is 1.10. The zero-order chi connectivity index (χ0) is 47.3. The Bertz CT molecular complexity index is 3970. The average molecular weight is 913 g/mol. The third kappa shape index (κ3) is 6.03. The molecule has 2 aliphatic rings. The van der Waals surface area contributed by atoms with Gasteiger partial charge in [0.15, 0.2) is 0 Å². The van der Waals surface area contributed by atoms with Crippen molar-refractivity contribution in [3.8, 4) is 66.8 Å². The predicted octanol–water partition coefficient (Wildman–Crippen LogP) is 19.9. The van der Waals surface area contributed by atoms with E-state index in [-0.39, 0.29) is 0 Å². The van der Waals surface area contributed by atoms with Crippen LogP contribution >= 0.6 is 0 Å². The van der Waals surface area contributed by atoms with Gasteiger partial charge in [0.05, 0.1) is 11.4 Å². The van der Waals surface area contributed by atoms with E-state index < -0.39 is 0 Å². The normalized spacial score (nSPS) is 11.9. The van der Waals surface area contributed by atoms with Crippen molar-refractivity contribution in [2.45, 2.75) is 0 Å². The highest BCUT2D eigenvalue weighted by Crippen LogP contribution is 2.54. The maximum atomic E-state index is 2.46. The summed E-state index contributed by atoms with van der Waals surface area (Å²) in [6.07, 6.45) is 0. The first-order valence-corrected chi connectivity index (χ1v) is 24.9.